The molecule has 0 radical (unpaired) electrons. The molecule has 1 N–H and O–H groups in total. The lowest BCUT2D eigenvalue weighted by Crippen LogP contribution is -2.51. The van der Waals surface area contributed by atoms with Crippen molar-refractivity contribution in [2.75, 3.05) is 31.1 Å². The van der Waals surface area contributed by atoms with E-state index >= 15 is 0 Å². The SMILES string of the molecule is Cc1cccc(N2CCN(C(=O)C(C)C(=O)O)CC2)c1C. The molecule has 1 aromatic rings. The lowest BCUT2D eigenvalue weighted by Gasteiger charge is -2.37. The predicted molar refractivity (Wildman–Crippen MR) is 81.5 cm³/mol. The van der Waals surface area contributed by atoms with E-state index in [-0.39, 0.29) is 5.91 Å². The van der Waals surface area contributed by atoms with Crippen molar-refractivity contribution in [2.24, 2.45) is 5.92 Å². The first-order valence-corrected chi connectivity index (χ1v) is 7.24. The van der Waals surface area contributed by atoms with Crippen molar-refractivity contribution in [3.05, 3.63) is 29.3 Å². The number of amides is 1. The molecule has 21 heavy (non-hydrogen) atoms. The molecule has 1 saturated heterocycles. The number of carboxylic acid groups (broad SMARTS) is 1. The molecule has 5 heteroatoms. The average Bonchev–Trinajstić information content (AvgIpc) is 2.48. The van der Waals surface area contributed by atoms with Gasteiger partial charge in [0.05, 0.1) is 0 Å². The smallest absolute Gasteiger partial charge is 0.315 e. The van der Waals surface area contributed by atoms with E-state index in [4.69, 9.17) is 5.11 Å². The van der Waals surface area contributed by atoms with Gasteiger partial charge in [-0.3, -0.25) is 9.59 Å². The second-order valence-corrected chi connectivity index (χ2v) is 5.59. The Labute approximate surface area is 125 Å². The number of carbonyl (C=O) groups is 2. The summed E-state index contributed by atoms with van der Waals surface area (Å²) in [7, 11) is 0. The molecule has 1 fully saturated rings. The van der Waals surface area contributed by atoms with E-state index in [0.29, 0.717) is 13.1 Å². The van der Waals surface area contributed by atoms with E-state index in [2.05, 4.69) is 30.9 Å². The highest BCUT2D eigenvalue weighted by atomic mass is 16.4. The molecule has 1 heterocycles. The number of anilines is 1. The fourth-order valence-electron chi connectivity index (χ4n) is 2.63. The summed E-state index contributed by atoms with van der Waals surface area (Å²) in [6.45, 7) is 8.27. The minimum atomic E-state index is -1.06. The maximum atomic E-state index is 12.0. The molecule has 114 valence electrons. The molecular weight excluding hydrogens is 268 g/mol. The van der Waals surface area contributed by atoms with Gasteiger partial charge < -0.3 is 14.9 Å². The van der Waals surface area contributed by atoms with Crippen LogP contribution in [0.1, 0.15) is 18.1 Å². The van der Waals surface area contributed by atoms with Crippen molar-refractivity contribution in [3.63, 3.8) is 0 Å². The monoisotopic (exact) mass is 290 g/mol. The predicted octanol–water partition coefficient (Wildman–Crippen LogP) is 1.67. The van der Waals surface area contributed by atoms with Crippen LogP contribution in [0.5, 0.6) is 0 Å². The minimum Gasteiger partial charge on any atom is -0.481 e. The van der Waals surface area contributed by atoms with Crippen LogP contribution in [0.2, 0.25) is 0 Å². The van der Waals surface area contributed by atoms with Crippen molar-refractivity contribution < 1.29 is 14.7 Å². The van der Waals surface area contributed by atoms with Crippen molar-refractivity contribution >= 4 is 17.6 Å². The zero-order valence-electron chi connectivity index (χ0n) is 12.8. The van der Waals surface area contributed by atoms with Crippen molar-refractivity contribution in [2.45, 2.75) is 20.8 Å². The maximum absolute atomic E-state index is 12.0. The Hall–Kier alpha value is -2.04. The topological polar surface area (TPSA) is 60.9 Å². The standard InChI is InChI=1S/C16H22N2O3/c1-11-5-4-6-14(12(11)2)17-7-9-18(10-8-17)15(19)13(3)16(20)21/h4-6,13H,7-10H2,1-3H3,(H,20,21). The van der Waals surface area contributed by atoms with Crippen LogP contribution in [-0.4, -0.2) is 48.1 Å². The van der Waals surface area contributed by atoms with Gasteiger partial charge in [0.1, 0.15) is 5.92 Å². The largest absolute Gasteiger partial charge is 0.481 e. The lowest BCUT2D eigenvalue weighted by molar-refractivity contribution is -0.150. The number of piperazine rings is 1. The third-order valence-electron chi connectivity index (χ3n) is 4.25. The Kier molecular flexibility index (Phi) is 4.50. The molecule has 0 saturated carbocycles. The number of hydrogen-bond donors (Lipinski definition) is 1. The van der Waals surface area contributed by atoms with Crippen molar-refractivity contribution in [1.29, 1.82) is 0 Å². The number of rotatable bonds is 3. The van der Waals surface area contributed by atoms with Crippen molar-refractivity contribution in [1.82, 2.24) is 4.90 Å². The molecule has 1 aliphatic rings. The summed E-state index contributed by atoms with van der Waals surface area (Å²) < 4.78 is 0. The Morgan fingerprint density at radius 3 is 2.33 bits per heavy atom. The third-order valence-corrected chi connectivity index (χ3v) is 4.25. The normalized spacial score (nSPS) is 16.7. The lowest BCUT2D eigenvalue weighted by atomic mass is 10.1. The van der Waals surface area contributed by atoms with Crippen molar-refractivity contribution in [3.8, 4) is 0 Å². The summed E-state index contributed by atoms with van der Waals surface area (Å²) in [6.07, 6.45) is 0. The molecule has 1 unspecified atom stereocenters. The summed E-state index contributed by atoms with van der Waals surface area (Å²) in [6, 6.07) is 6.23. The zero-order chi connectivity index (χ0) is 15.6. The Morgan fingerprint density at radius 1 is 1.14 bits per heavy atom. The van der Waals surface area contributed by atoms with Crippen LogP contribution in [0.15, 0.2) is 18.2 Å². The van der Waals surface area contributed by atoms with Gasteiger partial charge in [0, 0.05) is 31.9 Å². The average molecular weight is 290 g/mol. The Morgan fingerprint density at radius 2 is 1.76 bits per heavy atom. The number of benzene rings is 1. The molecule has 1 aliphatic heterocycles. The van der Waals surface area contributed by atoms with E-state index in [0.717, 1.165) is 13.1 Å². The number of nitrogens with zero attached hydrogens (tertiary/aromatic N) is 2. The van der Waals surface area contributed by atoms with Gasteiger partial charge in [-0.15, -0.1) is 0 Å². The molecule has 0 aromatic heterocycles. The molecule has 2 rings (SSSR count). The molecule has 1 atom stereocenters. The molecule has 1 amide bonds. The first kappa shape index (κ1) is 15.4. The summed E-state index contributed by atoms with van der Waals surface area (Å²) in [5, 5.41) is 8.92. The fourth-order valence-corrected chi connectivity index (χ4v) is 2.63. The highest BCUT2D eigenvalue weighted by Crippen LogP contribution is 2.24. The van der Waals surface area contributed by atoms with Crippen LogP contribution in [0.25, 0.3) is 0 Å². The number of carboxylic acids is 1. The van der Waals surface area contributed by atoms with Crippen LogP contribution < -0.4 is 4.90 Å². The second kappa shape index (κ2) is 6.16. The van der Waals surface area contributed by atoms with E-state index in [9.17, 15) is 9.59 Å². The number of carbonyl (C=O) groups excluding carboxylic acids is 1. The van der Waals surface area contributed by atoms with Gasteiger partial charge >= 0.3 is 5.97 Å². The van der Waals surface area contributed by atoms with Crippen LogP contribution >= 0.6 is 0 Å². The zero-order valence-corrected chi connectivity index (χ0v) is 12.8. The summed E-state index contributed by atoms with van der Waals surface area (Å²) >= 11 is 0. The van der Waals surface area contributed by atoms with E-state index in [1.54, 1.807) is 4.90 Å². The van der Waals surface area contributed by atoms with E-state index < -0.39 is 11.9 Å². The number of aliphatic carboxylic acids is 1. The number of hydrogen-bond acceptors (Lipinski definition) is 3. The number of aryl methyl sites for hydroxylation is 1. The Bertz CT molecular complexity index is 548. The van der Waals surface area contributed by atoms with Gasteiger partial charge in [0.25, 0.3) is 0 Å². The van der Waals surface area contributed by atoms with Gasteiger partial charge in [-0.25, -0.2) is 0 Å². The molecule has 1 aromatic carbocycles. The quantitative estimate of drug-likeness (QED) is 0.860. The van der Waals surface area contributed by atoms with Gasteiger partial charge in [-0.2, -0.15) is 0 Å². The minimum absolute atomic E-state index is 0.289. The van der Waals surface area contributed by atoms with Crippen LogP contribution in [-0.2, 0) is 9.59 Å². The first-order valence-electron chi connectivity index (χ1n) is 7.24. The van der Waals surface area contributed by atoms with Gasteiger partial charge in [-0.1, -0.05) is 12.1 Å². The third kappa shape index (κ3) is 3.17. The molecule has 0 bridgehead atoms. The highest BCUT2D eigenvalue weighted by molar-refractivity contribution is 5.96. The van der Waals surface area contributed by atoms with Crippen LogP contribution in [0, 0.1) is 19.8 Å². The highest BCUT2D eigenvalue weighted by Gasteiger charge is 2.29. The molecule has 0 aliphatic carbocycles. The van der Waals surface area contributed by atoms with Crippen LogP contribution in [0.4, 0.5) is 5.69 Å². The summed E-state index contributed by atoms with van der Waals surface area (Å²) in [5.74, 6) is -2.31. The first-order chi connectivity index (χ1) is 9.91. The summed E-state index contributed by atoms with van der Waals surface area (Å²) in [4.78, 5) is 26.8. The Balaban J connectivity index is 2.02. The second-order valence-electron chi connectivity index (χ2n) is 5.59. The summed E-state index contributed by atoms with van der Waals surface area (Å²) in [5.41, 5.74) is 3.72. The van der Waals surface area contributed by atoms with E-state index in [1.807, 2.05) is 6.07 Å². The van der Waals surface area contributed by atoms with Crippen LogP contribution in [0.3, 0.4) is 0 Å². The van der Waals surface area contributed by atoms with Gasteiger partial charge in [0.2, 0.25) is 5.91 Å². The molecule has 5 nitrogen and oxygen atoms in total. The molecular formula is C16H22N2O3. The molecule has 0 spiro atoms. The van der Waals surface area contributed by atoms with Gasteiger partial charge in [0.15, 0.2) is 0 Å². The maximum Gasteiger partial charge on any atom is 0.315 e. The van der Waals surface area contributed by atoms with E-state index in [1.165, 1.54) is 23.7 Å². The van der Waals surface area contributed by atoms with Gasteiger partial charge in [-0.05, 0) is 38.0 Å². The fraction of sp³-hybridized carbons (Fsp3) is 0.500.